The molecular formula is C25H26N2O5. The number of nitrogens with zero attached hydrogens (tertiary/aromatic N) is 1. The highest BCUT2D eigenvalue weighted by molar-refractivity contribution is 6.05. The lowest BCUT2D eigenvalue weighted by atomic mass is 9.98. The molecule has 166 valence electrons. The Hall–Kier alpha value is -3.42. The smallest absolute Gasteiger partial charge is 0.259 e. The molecule has 2 heterocycles. The second-order valence-corrected chi connectivity index (χ2v) is 7.89. The lowest BCUT2D eigenvalue weighted by Gasteiger charge is -2.40. The molecule has 0 aliphatic carbocycles. The Labute approximate surface area is 186 Å². The molecule has 0 bridgehead atoms. The molecule has 1 fully saturated rings. The van der Waals surface area contributed by atoms with Gasteiger partial charge in [-0.25, -0.2) is 0 Å². The van der Waals surface area contributed by atoms with Gasteiger partial charge in [0.15, 0.2) is 0 Å². The molecule has 3 aromatic rings. The summed E-state index contributed by atoms with van der Waals surface area (Å²) >= 11 is 0. The number of anilines is 1. The van der Waals surface area contributed by atoms with Crippen molar-refractivity contribution in [3.8, 4) is 0 Å². The fraction of sp³-hybridized carbons (Fsp3) is 0.280. The predicted molar refractivity (Wildman–Crippen MR) is 119 cm³/mol. The molecule has 1 aliphatic rings. The second-order valence-electron chi connectivity index (χ2n) is 7.89. The van der Waals surface area contributed by atoms with E-state index in [1.54, 1.807) is 36.9 Å². The van der Waals surface area contributed by atoms with Crippen LogP contribution in [0.1, 0.15) is 39.1 Å². The van der Waals surface area contributed by atoms with Gasteiger partial charge in [0.1, 0.15) is 24.2 Å². The van der Waals surface area contributed by atoms with E-state index in [1.165, 1.54) is 0 Å². The third-order valence-electron chi connectivity index (χ3n) is 5.62. The number of carbonyl (C=O) groups excluding carboxylic acids is 2. The van der Waals surface area contributed by atoms with Crippen molar-refractivity contribution < 1.29 is 23.8 Å². The number of nitrogens with one attached hydrogen (secondary N) is 1. The highest BCUT2D eigenvalue weighted by Crippen LogP contribution is 2.31. The predicted octanol–water partition coefficient (Wildman–Crippen LogP) is 3.61. The van der Waals surface area contributed by atoms with Crippen LogP contribution in [0.15, 0.2) is 65.1 Å². The summed E-state index contributed by atoms with van der Waals surface area (Å²) in [7, 11) is 0. The van der Waals surface area contributed by atoms with Crippen LogP contribution in [0.25, 0.3) is 0 Å². The van der Waals surface area contributed by atoms with Crippen LogP contribution >= 0.6 is 0 Å². The molecule has 2 aromatic carbocycles. The zero-order valence-electron chi connectivity index (χ0n) is 18.1. The van der Waals surface area contributed by atoms with Gasteiger partial charge in [0.25, 0.3) is 5.91 Å². The first-order chi connectivity index (χ1) is 15.5. The molecule has 0 spiro atoms. The molecular weight excluding hydrogens is 408 g/mol. The fourth-order valence-electron chi connectivity index (χ4n) is 4.01. The third-order valence-corrected chi connectivity index (χ3v) is 5.62. The molecule has 2 atom stereocenters. The van der Waals surface area contributed by atoms with E-state index >= 15 is 0 Å². The fourth-order valence-corrected chi connectivity index (χ4v) is 4.01. The van der Waals surface area contributed by atoms with Gasteiger partial charge in [-0.1, -0.05) is 42.5 Å². The monoisotopic (exact) mass is 434 g/mol. The number of aliphatic hydroxyl groups is 1. The molecule has 0 saturated carbocycles. The summed E-state index contributed by atoms with van der Waals surface area (Å²) in [5.74, 6) is 0.857. The molecule has 1 saturated heterocycles. The maximum absolute atomic E-state index is 12.5. The molecule has 2 amide bonds. The number of aryl methyl sites for hydroxylation is 2. The number of furan rings is 1. The van der Waals surface area contributed by atoms with E-state index in [2.05, 4.69) is 5.32 Å². The Bertz CT molecular complexity index is 1090. The van der Waals surface area contributed by atoms with Gasteiger partial charge in [0.2, 0.25) is 5.91 Å². The number of hydrogen-bond acceptors (Lipinski definition) is 5. The zero-order valence-corrected chi connectivity index (χ0v) is 18.1. The quantitative estimate of drug-likeness (QED) is 0.618. The highest BCUT2D eigenvalue weighted by atomic mass is 16.5. The summed E-state index contributed by atoms with van der Waals surface area (Å²) in [5, 5.41) is 12.9. The van der Waals surface area contributed by atoms with Gasteiger partial charge in [0.05, 0.1) is 18.2 Å². The van der Waals surface area contributed by atoms with Crippen LogP contribution in [0.3, 0.4) is 0 Å². The lowest BCUT2D eigenvalue weighted by molar-refractivity contribution is -0.162. The molecule has 2 N–H and O–H groups in total. The number of aliphatic hydroxyl groups excluding tert-OH is 1. The van der Waals surface area contributed by atoms with Crippen molar-refractivity contribution in [3.05, 3.63) is 88.9 Å². The first-order valence-electron chi connectivity index (χ1n) is 10.5. The van der Waals surface area contributed by atoms with Crippen LogP contribution in [0, 0.1) is 13.8 Å². The van der Waals surface area contributed by atoms with Gasteiger partial charge in [-0.3, -0.25) is 9.59 Å². The van der Waals surface area contributed by atoms with Gasteiger partial charge in [-0.2, -0.15) is 0 Å². The summed E-state index contributed by atoms with van der Waals surface area (Å²) in [6.45, 7) is 3.68. The van der Waals surface area contributed by atoms with Gasteiger partial charge in [0, 0.05) is 12.2 Å². The molecule has 32 heavy (non-hydrogen) atoms. The third kappa shape index (κ3) is 4.59. The van der Waals surface area contributed by atoms with Crippen LogP contribution in [-0.4, -0.2) is 41.1 Å². The summed E-state index contributed by atoms with van der Waals surface area (Å²) < 4.78 is 11.2. The van der Waals surface area contributed by atoms with Crippen molar-refractivity contribution in [2.45, 2.75) is 32.5 Å². The Balaban J connectivity index is 1.49. The van der Waals surface area contributed by atoms with Crippen LogP contribution < -0.4 is 5.32 Å². The average Bonchev–Trinajstić information content (AvgIpc) is 3.14. The van der Waals surface area contributed by atoms with Crippen molar-refractivity contribution in [1.82, 2.24) is 4.90 Å². The van der Waals surface area contributed by atoms with Crippen molar-refractivity contribution >= 4 is 17.5 Å². The number of rotatable bonds is 6. The normalized spacial score (nSPS) is 18.6. The van der Waals surface area contributed by atoms with Crippen molar-refractivity contribution in [3.63, 3.8) is 0 Å². The van der Waals surface area contributed by atoms with E-state index in [0.717, 1.165) is 11.1 Å². The highest BCUT2D eigenvalue weighted by Gasteiger charge is 2.37. The van der Waals surface area contributed by atoms with Gasteiger partial charge in [-0.15, -0.1) is 0 Å². The second kappa shape index (κ2) is 9.38. The SMILES string of the molecule is Cc1cc(C(=O)Nc2ccc([C@H]3OCC(=O)N(Cc4ccccc4)[C@@H]3CO)cc2)c(C)o1. The van der Waals surface area contributed by atoms with E-state index in [4.69, 9.17) is 9.15 Å². The minimum Gasteiger partial charge on any atom is -0.466 e. The average molecular weight is 434 g/mol. The largest absolute Gasteiger partial charge is 0.466 e. The Morgan fingerprint density at radius 2 is 1.84 bits per heavy atom. The van der Waals surface area contributed by atoms with E-state index in [0.29, 0.717) is 29.3 Å². The topological polar surface area (TPSA) is 92.0 Å². The number of carbonyl (C=O) groups is 2. The minimum atomic E-state index is -0.506. The van der Waals surface area contributed by atoms with E-state index in [-0.39, 0.29) is 25.0 Å². The lowest BCUT2D eigenvalue weighted by Crippen LogP contribution is -2.52. The first kappa shape index (κ1) is 21.8. The van der Waals surface area contributed by atoms with Crippen LogP contribution in [0.4, 0.5) is 5.69 Å². The Morgan fingerprint density at radius 1 is 1.12 bits per heavy atom. The van der Waals surface area contributed by atoms with E-state index < -0.39 is 12.1 Å². The number of ether oxygens (including phenoxy) is 1. The summed E-state index contributed by atoms with van der Waals surface area (Å²) in [5.41, 5.74) is 2.94. The standard InChI is InChI=1S/C25H26N2O5/c1-16-12-21(17(2)32-16)25(30)26-20-10-8-19(9-11-20)24-22(14-28)27(23(29)15-31-24)13-18-6-4-3-5-7-18/h3-12,22,24,28H,13-15H2,1-2H3,(H,26,30)/t22-,24-/m1/s1. The number of morpholine rings is 1. The summed E-state index contributed by atoms with van der Waals surface area (Å²) in [4.78, 5) is 26.7. The minimum absolute atomic E-state index is 0.0500. The molecule has 1 aliphatic heterocycles. The summed E-state index contributed by atoms with van der Waals surface area (Å²) in [6.07, 6.45) is -0.468. The van der Waals surface area contributed by atoms with Gasteiger partial charge < -0.3 is 24.5 Å². The molecule has 7 heteroatoms. The molecule has 4 rings (SSSR count). The van der Waals surface area contributed by atoms with Crippen molar-refractivity contribution in [2.75, 3.05) is 18.5 Å². The molecule has 7 nitrogen and oxygen atoms in total. The molecule has 1 aromatic heterocycles. The van der Waals surface area contributed by atoms with E-state index in [9.17, 15) is 14.7 Å². The Morgan fingerprint density at radius 3 is 2.47 bits per heavy atom. The van der Waals surface area contributed by atoms with Crippen LogP contribution in [0.2, 0.25) is 0 Å². The maximum Gasteiger partial charge on any atom is 0.259 e. The summed E-state index contributed by atoms with van der Waals surface area (Å²) in [6, 6.07) is 18.1. The van der Waals surface area contributed by atoms with E-state index in [1.807, 2.05) is 42.5 Å². The van der Waals surface area contributed by atoms with Crippen molar-refractivity contribution in [2.24, 2.45) is 0 Å². The zero-order chi connectivity index (χ0) is 22.7. The first-order valence-corrected chi connectivity index (χ1v) is 10.5. The molecule has 0 radical (unpaired) electrons. The van der Waals surface area contributed by atoms with Crippen LogP contribution in [-0.2, 0) is 16.1 Å². The van der Waals surface area contributed by atoms with Crippen molar-refractivity contribution in [1.29, 1.82) is 0 Å². The number of amides is 2. The maximum atomic E-state index is 12.5. The molecule has 0 unspecified atom stereocenters. The Kier molecular flexibility index (Phi) is 6.39. The van der Waals surface area contributed by atoms with Crippen LogP contribution in [0.5, 0.6) is 0 Å². The number of benzene rings is 2. The number of hydrogen-bond donors (Lipinski definition) is 2. The van der Waals surface area contributed by atoms with Gasteiger partial charge in [-0.05, 0) is 43.2 Å². The van der Waals surface area contributed by atoms with Gasteiger partial charge >= 0.3 is 0 Å².